The molecule has 27 heavy (non-hydrogen) atoms. The average Bonchev–Trinajstić information content (AvgIpc) is 3.16. The van der Waals surface area contributed by atoms with E-state index in [0.29, 0.717) is 26.3 Å². The highest BCUT2D eigenvalue weighted by Gasteiger charge is 2.06. The van der Waals surface area contributed by atoms with E-state index in [-0.39, 0.29) is 24.0 Å². The fourth-order valence-corrected chi connectivity index (χ4v) is 2.32. The van der Waals surface area contributed by atoms with Gasteiger partial charge in [-0.3, -0.25) is 0 Å². The maximum Gasteiger partial charge on any atom is 0.191 e. The Bertz CT molecular complexity index is 678. The Hall–Kier alpha value is -1.81. The van der Waals surface area contributed by atoms with E-state index < -0.39 is 0 Å². The van der Waals surface area contributed by atoms with Crippen molar-refractivity contribution < 1.29 is 14.0 Å². The van der Waals surface area contributed by atoms with Gasteiger partial charge < -0.3 is 24.6 Å². The van der Waals surface area contributed by atoms with Crippen LogP contribution in [0.3, 0.4) is 0 Å². The maximum atomic E-state index is 5.92. The predicted molar refractivity (Wildman–Crippen MR) is 117 cm³/mol. The molecule has 2 aromatic rings. The lowest BCUT2D eigenvalue weighted by Crippen LogP contribution is -2.36. The Kier molecular flexibility index (Phi) is 11.5. The third kappa shape index (κ3) is 8.61. The van der Waals surface area contributed by atoms with Crippen molar-refractivity contribution in [3.05, 3.63) is 47.3 Å². The number of methoxy groups -OCH3 is 1. The van der Waals surface area contributed by atoms with Crippen molar-refractivity contribution in [2.24, 2.45) is 4.99 Å². The highest BCUT2D eigenvalue weighted by Crippen LogP contribution is 2.21. The molecule has 0 radical (unpaired) electrons. The monoisotopic (exact) mass is 488 g/mol. The number of aromatic nitrogens is 1. The molecule has 150 valence electrons. The van der Waals surface area contributed by atoms with Gasteiger partial charge in [-0.15, -0.1) is 24.0 Å². The molecule has 1 aromatic heterocycles. The molecule has 0 aliphatic heterocycles. The number of nitrogens with one attached hydrogen (secondary N) is 2. The number of aliphatic imine (C=N–C) groups is 1. The summed E-state index contributed by atoms with van der Waals surface area (Å²) in [5, 5.41) is 10.4. The van der Waals surface area contributed by atoms with Gasteiger partial charge in [-0.2, -0.15) is 0 Å². The minimum Gasteiger partial charge on any atom is -0.493 e. The highest BCUT2D eigenvalue weighted by atomic mass is 127. The van der Waals surface area contributed by atoms with Gasteiger partial charge in [0.1, 0.15) is 17.7 Å². The third-order valence-corrected chi connectivity index (χ3v) is 3.65. The van der Waals surface area contributed by atoms with Crippen LogP contribution in [0.25, 0.3) is 0 Å². The topological polar surface area (TPSA) is 80.9 Å². The summed E-state index contributed by atoms with van der Waals surface area (Å²) in [5.41, 5.74) is 3.04. The number of ether oxygens (including phenoxy) is 2. The fraction of sp³-hybridized carbons (Fsp3) is 0.474. The van der Waals surface area contributed by atoms with Gasteiger partial charge >= 0.3 is 0 Å². The minimum absolute atomic E-state index is 0. The normalized spacial score (nSPS) is 11.0. The standard InChI is InChI=1S/C19H28N4O3.HI/c1-4-20-19(22-14-17-8-11-26-23-17)21-13-16-7-6-15(2)12-18(16)25-10-5-9-24-3;/h6-8,11-12H,4-5,9-10,13-14H2,1-3H3,(H2,20,21,22);1H. The van der Waals surface area contributed by atoms with Crippen molar-refractivity contribution >= 4 is 29.9 Å². The lowest BCUT2D eigenvalue weighted by molar-refractivity contribution is 0.172. The van der Waals surface area contributed by atoms with Crippen LogP contribution in [0.5, 0.6) is 5.75 Å². The van der Waals surface area contributed by atoms with E-state index in [1.54, 1.807) is 13.4 Å². The van der Waals surface area contributed by atoms with Crippen LogP contribution in [-0.4, -0.2) is 38.0 Å². The highest BCUT2D eigenvalue weighted by molar-refractivity contribution is 14.0. The molecule has 0 amide bonds. The number of guanidine groups is 1. The van der Waals surface area contributed by atoms with E-state index in [9.17, 15) is 0 Å². The maximum absolute atomic E-state index is 5.92. The van der Waals surface area contributed by atoms with Crippen molar-refractivity contribution in [2.75, 3.05) is 26.9 Å². The summed E-state index contributed by atoms with van der Waals surface area (Å²) in [5.74, 6) is 1.60. The number of nitrogens with zero attached hydrogens (tertiary/aromatic N) is 2. The summed E-state index contributed by atoms with van der Waals surface area (Å²) in [4.78, 5) is 4.65. The second-order valence-electron chi connectivity index (χ2n) is 5.85. The fourth-order valence-electron chi connectivity index (χ4n) is 2.32. The molecule has 7 nitrogen and oxygen atoms in total. The van der Waals surface area contributed by atoms with Crippen molar-refractivity contribution in [3.8, 4) is 5.75 Å². The Labute approximate surface area is 177 Å². The molecule has 0 aliphatic rings. The van der Waals surface area contributed by atoms with Crippen LogP contribution >= 0.6 is 24.0 Å². The Morgan fingerprint density at radius 1 is 1.22 bits per heavy atom. The Balaban J connectivity index is 0.00000364. The van der Waals surface area contributed by atoms with Crippen LogP contribution in [0.15, 0.2) is 40.0 Å². The van der Waals surface area contributed by atoms with E-state index in [1.807, 2.05) is 19.1 Å². The molecule has 0 bridgehead atoms. The number of benzene rings is 1. The van der Waals surface area contributed by atoms with Crippen LogP contribution in [-0.2, 0) is 17.8 Å². The summed E-state index contributed by atoms with van der Waals surface area (Å²) in [6.07, 6.45) is 2.41. The number of hydrogen-bond acceptors (Lipinski definition) is 5. The zero-order chi connectivity index (χ0) is 18.6. The largest absolute Gasteiger partial charge is 0.493 e. The molecule has 0 fully saturated rings. The summed E-state index contributed by atoms with van der Waals surface area (Å²) < 4.78 is 15.8. The number of rotatable bonds is 10. The van der Waals surface area contributed by atoms with Gasteiger partial charge in [-0.25, -0.2) is 4.99 Å². The van der Waals surface area contributed by atoms with Gasteiger partial charge in [-0.1, -0.05) is 17.3 Å². The molecule has 0 unspecified atom stereocenters. The Morgan fingerprint density at radius 3 is 2.78 bits per heavy atom. The van der Waals surface area contributed by atoms with Gasteiger partial charge in [-0.05, 0) is 25.5 Å². The van der Waals surface area contributed by atoms with Crippen LogP contribution in [0.1, 0.15) is 30.2 Å². The van der Waals surface area contributed by atoms with Gasteiger partial charge in [0, 0.05) is 38.3 Å². The molecule has 0 atom stereocenters. The van der Waals surface area contributed by atoms with Crippen molar-refractivity contribution in [1.82, 2.24) is 15.8 Å². The van der Waals surface area contributed by atoms with Crippen LogP contribution in [0, 0.1) is 6.92 Å². The molecule has 8 heteroatoms. The summed E-state index contributed by atoms with van der Waals surface area (Å²) in [6.45, 7) is 7.25. The first-order chi connectivity index (χ1) is 12.7. The average molecular weight is 488 g/mol. The van der Waals surface area contributed by atoms with Crippen LogP contribution in [0.4, 0.5) is 0 Å². The minimum atomic E-state index is 0. The molecule has 1 heterocycles. The van der Waals surface area contributed by atoms with Gasteiger partial charge in [0.2, 0.25) is 0 Å². The van der Waals surface area contributed by atoms with Crippen LogP contribution in [0.2, 0.25) is 0 Å². The quantitative estimate of drug-likeness (QED) is 0.231. The van der Waals surface area contributed by atoms with E-state index in [4.69, 9.17) is 14.0 Å². The molecule has 0 saturated carbocycles. The molecular formula is C19H29IN4O3. The van der Waals surface area contributed by atoms with Gasteiger partial charge in [0.25, 0.3) is 0 Å². The second kappa shape index (κ2) is 13.4. The van der Waals surface area contributed by atoms with Crippen LogP contribution < -0.4 is 15.4 Å². The van der Waals surface area contributed by atoms with E-state index in [1.165, 1.54) is 0 Å². The summed E-state index contributed by atoms with van der Waals surface area (Å²) in [6, 6.07) is 8.00. The number of aryl methyl sites for hydroxylation is 1. The van der Waals surface area contributed by atoms with Crippen molar-refractivity contribution in [3.63, 3.8) is 0 Å². The Morgan fingerprint density at radius 2 is 2.07 bits per heavy atom. The van der Waals surface area contributed by atoms with E-state index in [0.717, 1.165) is 41.5 Å². The zero-order valence-electron chi connectivity index (χ0n) is 16.2. The molecule has 0 aliphatic carbocycles. The first kappa shape index (κ1) is 23.2. The molecule has 0 spiro atoms. The lowest BCUT2D eigenvalue weighted by Gasteiger charge is -2.13. The smallest absolute Gasteiger partial charge is 0.191 e. The molecular weight excluding hydrogens is 459 g/mol. The first-order valence-corrected chi connectivity index (χ1v) is 8.85. The first-order valence-electron chi connectivity index (χ1n) is 8.85. The molecule has 1 aromatic carbocycles. The molecule has 2 N–H and O–H groups in total. The van der Waals surface area contributed by atoms with E-state index >= 15 is 0 Å². The zero-order valence-corrected chi connectivity index (χ0v) is 18.5. The predicted octanol–water partition coefficient (Wildman–Crippen LogP) is 3.27. The van der Waals surface area contributed by atoms with Crippen molar-refractivity contribution in [1.29, 1.82) is 0 Å². The summed E-state index contributed by atoms with van der Waals surface area (Å²) >= 11 is 0. The third-order valence-electron chi connectivity index (χ3n) is 3.65. The molecule has 2 rings (SSSR count). The van der Waals surface area contributed by atoms with E-state index in [2.05, 4.69) is 39.8 Å². The van der Waals surface area contributed by atoms with Gasteiger partial charge in [0.15, 0.2) is 5.96 Å². The molecule has 0 saturated heterocycles. The van der Waals surface area contributed by atoms with Crippen molar-refractivity contribution in [2.45, 2.75) is 33.4 Å². The summed E-state index contributed by atoms with van der Waals surface area (Å²) in [7, 11) is 1.70. The number of halogens is 1. The SMILES string of the molecule is CCNC(=NCc1ccc(C)cc1OCCCOC)NCc1ccon1.I. The number of hydrogen-bond donors (Lipinski definition) is 2. The second-order valence-corrected chi connectivity index (χ2v) is 5.85. The van der Waals surface area contributed by atoms with Gasteiger partial charge in [0.05, 0.1) is 19.7 Å². The lowest BCUT2D eigenvalue weighted by atomic mass is 10.1.